The van der Waals surface area contributed by atoms with Crippen LogP contribution in [-0.2, 0) is 0 Å². The predicted octanol–water partition coefficient (Wildman–Crippen LogP) is 2.50. The molecule has 1 fully saturated rings. The number of carbonyl (C=O) groups excluding carboxylic acids is 1. The Morgan fingerprint density at radius 1 is 1.47 bits per heavy atom. The molecular formula is C12H9NOS. The molecule has 0 saturated heterocycles. The van der Waals surface area contributed by atoms with Gasteiger partial charge in [-0.2, -0.15) is 5.26 Å². The molecule has 1 aromatic carbocycles. The molecule has 3 heteroatoms. The molecule has 1 spiro atoms. The number of fused-ring (bicyclic) bond motifs is 1. The molecule has 2 nitrogen and oxygen atoms in total. The number of rotatable bonds is 0. The van der Waals surface area contributed by atoms with E-state index in [1.807, 2.05) is 24.3 Å². The van der Waals surface area contributed by atoms with Gasteiger partial charge in [-0.15, -0.1) is 11.8 Å². The van der Waals surface area contributed by atoms with Crippen molar-refractivity contribution in [3.8, 4) is 6.07 Å². The summed E-state index contributed by atoms with van der Waals surface area (Å²) in [7, 11) is 0. The van der Waals surface area contributed by atoms with E-state index in [1.165, 1.54) is 0 Å². The fraction of sp³-hybridized carbons (Fsp3) is 0.333. The van der Waals surface area contributed by atoms with Gasteiger partial charge in [0.1, 0.15) is 0 Å². The Balaban J connectivity index is 2.05. The van der Waals surface area contributed by atoms with E-state index in [4.69, 9.17) is 5.26 Å². The second-order valence-electron chi connectivity index (χ2n) is 4.16. The van der Waals surface area contributed by atoms with Crippen molar-refractivity contribution in [3.05, 3.63) is 29.8 Å². The van der Waals surface area contributed by atoms with Crippen molar-refractivity contribution in [2.24, 2.45) is 11.3 Å². The summed E-state index contributed by atoms with van der Waals surface area (Å²) in [6, 6.07) is 9.92. The highest BCUT2D eigenvalue weighted by Crippen LogP contribution is 2.59. The largest absolute Gasteiger partial charge is 0.293 e. The molecule has 2 aliphatic rings. The van der Waals surface area contributed by atoms with Crippen molar-refractivity contribution in [3.63, 3.8) is 0 Å². The molecule has 0 radical (unpaired) electrons. The van der Waals surface area contributed by atoms with Gasteiger partial charge in [-0.25, -0.2) is 0 Å². The molecule has 0 amide bonds. The van der Waals surface area contributed by atoms with E-state index < -0.39 is 0 Å². The molecule has 1 saturated carbocycles. The van der Waals surface area contributed by atoms with E-state index in [9.17, 15) is 4.79 Å². The SMILES string of the molecule is N#C[C@@H]1C[C@]12CSc1ccccc1C2=O. The first kappa shape index (κ1) is 8.99. The molecule has 0 bridgehead atoms. The van der Waals surface area contributed by atoms with Crippen LogP contribution in [0.4, 0.5) is 0 Å². The zero-order valence-electron chi connectivity index (χ0n) is 8.06. The molecule has 0 unspecified atom stereocenters. The predicted molar refractivity (Wildman–Crippen MR) is 57.6 cm³/mol. The number of hydrogen-bond acceptors (Lipinski definition) is 3. The average molecular weight is 215 g/mol. The summed E-state index contributed by atoms with van der Waals surface area (Å²) < 4.78 is 0. The fourth-order valence-electron chi connectivity index (χ4n) is 2.21. The van der Waals surface area contributed by atoms with E-state index >= 15 is 0 Å². The molecule has 74 valence electrons. The van der Waals surface area contributed by atoms with Gasteiger partial charge in [0.05, 0.1) is 17.4 Å². The van der Waals surface area contributed by atoms with Gasteiger partial charge in [-0.05, 0) is 12.5 Å². The molecule has 15 heavy (non-hydrogen) atoms. The molecule has 1 aromatic rings. The molecule has 1 heterocycles. The summed E-state index contributed by atoms with van der Waals surface area (Å²) in [6.45, 7) is 0. The molecule has 3 rings (SSSR count). The Labute approximate surface area is 92.3 Å². The number of ketones is 1. The van der Waals surface area contributed by atoms with Crippen LogP contribution in [0.25, 0.3) is 0 Å². The maximum Gasteiger partial charge on any atom is 0.172 e. The summed E-state index contributed by atoms with van der Waals surface area (Å²) in [5.74, 6) is 0.912. The third kappa shape index (κ3) is 1.09. The lowest BCUT2D eigenvalue weighted by atomic mass is 9.93. The van der Waals surface area contributed by atoms with Crippen molar-refractivity contribution in [1.29, 1.82) is 5.26 Å². The van der Waals surface area contributed by atoms with Crippen molar-refractivity contribution >= 4 is 17.5 Å². The highest BCUT2D eigenvalue weighted by molar-refractivity contribution is 7.99. The maximum absolute atomic E-state index is 12.2. The van der Waals surface area contributed by atoms with E-state index in [1.54, 1.807) is 11.8 Å². The summed E-state index contributed by atoms with van der Waals surface area (Å²) in [5, 5.41) is 8.88. The maximum atomic E-state index is 12.2. The molecule has 1 aliphatic carbocycles. The van der Waals surface area contributed by atoms with Gasteiger partial charge in [0, 0.05) is 16.2 Å². The number of carbonyl (C=O) groups is 1. The quantitative estimate of drug-likeness (QED) is 0.667. The first-order valence-corrected chi connectivity index (χ1v) is 5.93. The molecule has 2 atom stereocenters. The Kier molecular flexibility index (Phi) is 1.72. The summed E-state index contributed by atoms with van der Waals surface area (Å²) in [5.41, 5.74) is 0.472. The van der Waals surface area contributed by atoms with Crippen molar-refractivity contribution < 1.29 is 4.79 Å². The normalized spacial score (nSPS) is 32.2. The first-order chi connectivity index (χ1) is 7.28. The lowest BCUT2D eigenvalue weighted by molar-refractivity contribution is 0.0903. The first-order valence-electron chi connectivity index (χ1n) is 4.94. The number of hydrogen-bond donors (Lipinski definition) is 0. The van der Waals surface area contributed by atoms with Crippen molar-refractivity contribution in [1.82, 2.24) is 0 Å². The van der Waals surface area contributed by atoms with Gasteiger partial charge in [-0.1, -0.05) is 18.2 Å². The lowest BCUT2D eigenvalue weighted by Gasteiger charge is -2.22. The van der Waals surface area contributed by atoms with Crippen LogP contribution in [0.2, 0.25) is 0 Å². The second-order valence-corrected chi connectivity index (χ2v) is 5.17. The highest BCUT2D eigenvalue weighted by atomic mass is 32.2. The summed E-state index contributed by atoms with van der Waals surface area (Å²) in [4.78, 5) is 13.3. The van der Waals surface area contributed by atoms with Crippen LogP contribution >= 0.6 is 11.8 Å². The standard InChI is InChI=1S/C12H9NOS/c13-6-8-5-12(8)7-15-10-4-2-1-3-9(10)11(12)14/h1-4,8H,5,7H2/t8-,12-/m0/s1. The number of benzene rings is 1. The van der Waals surface area contributed by atoms with E-state index in [2.05, 4.69) is 6.07 Å². The minimum atomic E-state index is -0.340. The van der Waals surface area contributed by atoms with E-state index in [0.717, 1.165) is 22.6 Å². The number of nitrogens with zero attached hydrogens (tertiary/aromatic N) is 1. The fourth-order valence-corrected chi connectivity index (χ4v) is 3.56. The topological polar surface area (TPSA) is 40.9 Å². The van der Waals surface area contributed by atoms with Gasteiger partial charge in [0.2, 0.25) is 0 Å². The van der Waals surface area contributed by atoms with Crippen molar-refractivity contribution in [2.45, 2.75) is 11.3 Å². The lowest BCUT2D eigenvalue weighted by Crippen LogP contribution is -2.25. The number of Topliss-reactive ketones (excluding diaryl/α,β-unsaturated/α-hetero) is 1. The smallest absolute Gasteiger partial charge is 0.172 e. The highest BCUT2D eigenvalue weighted by Gasteiger charge is 2.61. The van der Waals surface area contributed by atoms with Crippen LogP contribution < -0.4 is 0 Å². The van der Waals surface area contributed by atoms with Crippen LogP contribution in [0.1, 0.15) is 16.8 Å². The van der Waals surface area contributed by atoms with Crippen LogP contribution in [0.15, 0.2) is 29.2 Å². The zero-order valence-corrected chi connectivity index (χ0v) is 8.88. The van der Waals surface area contributed by atoms with Crippen LogP contribution in [0.5, 0.6) is 0 Å². The van der Waals surface area contributed by atoms with Crippen molar-refractivity contribution in [2.75, 3.05) is 5.75 Å². The van der Waals surface area contributed by atoms with Crippen LogP contribution in [0, 0.1) is 22.7 Å². The van der Waals surface area contributed by atoms with Gasteiger partial charge >= 0.3 is 0 Å². The molecule has 0 aromatic heterocycles. The molecular weight excluding hydrogens is 206 g/mol. The molecule has 0 N–H and O–H groups in total. The van der Waals surface area contributed by atoms with E-state index in [-0.39, 0.29) is 17.1 Å². The number of nitriles is 1. The van der Waals surface area contributed by atoms with E-state index in [0.29, 0.717) is 0 Å². The van der Waals surface area contributed by atoms with Gasteiger partial charge in [0.15, 0.2) is 5.78 Å². The summed E-state index contributed by atoms with van der Waals surface area (Å²) >= 11 is 1.71. The Bertz CT molecular complexity index is 491. The zero-order chi connectivity index (χ0) is 10.5. The van der Waals surface area contributed by atoms with Crippen LogP contribution in [0.3, 0.4) is 0 Å². The monoisotopic (exact) mass is 215 g/mol. The minimum absolute atomic E-state index is 0.0501. The minimum Gasteiger partial charge on any atom is -0.293 e. The average Bonchev–Trinajstić information content (AvgIpc) is 2.99. The summed E-state index contributed by atoms with van der Waals surface area (Å²) in [6.07, 6.45) is 0.754. The van der Waals surface area contributed by atoms with Gasteiger partial charge in [0.25, 0.3) is 0 Å². The van der Waals surface area contributed by atoms with Gasteiger partial charge in [-0.3, -0.25) is 4.79 Å². The second kappa shape index (κ2) is 2.86. The Morgan fingerprint density at radius 2 is 2.27 bits per heavy atom. The third-order valence-electron chi connectivity index (χ3n) is 3.30. The van der Waals surface area contributed by atoms with Gasteiger partial charge < -0.3 is 0 Å². The Hall–Kier alpha value is -1.27. The molecule has 1 aliphatic heterocycles. The number of thioether (sulfide) groups is 1. The third-order valence-corrected chi connectivity index (χ3v) is 4.63. The Morgan fingerprint density at radius 3 is 3.00 bits per heavy atom. The van der Waals surface area contributed by atoms with Crippen LogP contribution in [-0.4, -0.2) is 11.5 Å².